The van der Waals surface area contributed by atoms with Crippen molar-refractivity contribution in [3.63, 3.8) is 0 Å². The fourth-order valence-corrected chi connectivity index (χ4v) is 3.16. The molecule has 3 aromatic rings. The largest absolute Gasteiger partial charge is 0.383 e. The summed E-state index contributed by atoms with van der Waals surface area (Å²) < 4.78 is 7.05. The highest BCUT2D eigenvalue weighted by Crippen LogP contribution is 2.23. The van der Waals surface area contributed by atoms with Crippen molar-refractivity contribution in [3.8, 4) is 11.3 Å². The minimum absolute atomic E-state index is 0.332. The molecule has 4 heterocycles. The topological polar surface area (TPSA) is 76.4 Å². The van der Waals surface area contributed by atoms with E-state index in [2.05, 4.69) is 20.7 Å². The first kappa shape index (κ1) is 15.0. The molecule has 0 aromatic carbocycles. The lowest BCUT2D eigenvalue weighted by atomic mass is 10.2. The second-order valence-corrected chi connectivity index (χ2v) is 6.02. The van der Waals surface area contributed by atoms with Gasteiger partial charge in [-0.05, 0) is 18.6 Å². The molecule has 1 fully saturated rings. The molecule has 0 bridgehead atoms. The van der Waals surface area contributed by atoms with Gasteiger partial charge in [-0.2, -0.15) is 5.10 Å². The van der Waals surface area contributed by atoms with Crippen molar-refractivity contribution in [1.29, 1.82) is 0 Å². The summed E-state index contributed by atoms with van der Waals surface area (Å²) in [5.74, 6) is 0.785. The van der Waals surface area contributed by atoms with Crippen molar-refractivity contribution < 1.29 is 4.74 Å². The third kappa shape index (κ3) is 2.95. The fourth-order valence-electron chi connectivity index (χ4n) is 3.16. The van der Waals surface area contributed by atoms with Crippen LogP contribution in [0.25, 0.3) is 16.8 Å². The Morgan fingerprint density at radius 3 is 3.21 bits per heavy atom. The number of fused-ring (bicyclic) bond motifs is 1. The first-order valence-electron chi connectivity index (χ1n) is 8.07. The van der Waals surface area contributed by atoms with E-state index >= 15 is 0 Å². The first-order chi connectivity index (χ1) is 11.8. The van der Waals surface area contributed by atoms with Crippen molar-refractivity contribution in [2.75, 3.05) is 25.6 Å². The van der Waals surface area contributed by atoms with Gasteiger partial charge in [0.05, 0.1) is 36.4 Å². The van der Waals surface area contributed by atoms with Crippen LogP contribution in [0.3, 0.4) is 0 Å². The molecule has 0 saturated carbocycles. The van der Waals surface area contributed by atoms with Crippen LogP contribution in [0, 0.1) is 0 Å². The van der Waals surface area contributed by atoms with Gasteiger partial charge < -0.3 is 15.4 Å². The number of methoxy groups -OCH3 is 1. The predicted molar refractivity (Wildman–Crippen MR) is 91.9 cm³/mol. The summed E-state index contributed by atoms with van der Waals surface area (Å²) >= 11 is 0. The molecule has 0 unspecified atom stereocenters. The first-order valence-corrected chi connectivity index (χ1v) is 8.07. The number of ether oxygens (including phenoxy) is 1. The maximum atomic E-state index is 5.21. The normalized spacial score (nSPS) is 20.5. The van der Waals surface area contributed by atoms with E-state index < -0.39 is 0 Å². The van der Waals surface area contributed by atoms with E-state index in [1.165, 1.54) is 0 Å². The van der Waals surface area contributed by atoms with Crippen LogP contribution in [-0.2, 0) is 4.74 Å². The third-order valence-corrected chi connectivity index (χ3v) is 4.28. The van der Waals surface area contributed by atoms with Gasteiger partial charge in [0.1, 0.15) is 5.82 Å². The van der Waals surface area contributed by atoms with Crippen LogP contribution in [0.5, 0.6) is 0 Å². The second-order valence-electron chi connectivity index (χ2n) is 6.02. The molecule has 1 aliphatic rings. The van der Waals surface area contributed by atoms with Gasteiger partial charge in [0.2, 0.25) is 0 Å². The highest BCUT2D eigenvalue weighted by atomic mass is 16.5. The van der Waals surface area contributed by atoms with E-state index in [-0.39, 0.29) is 0 Å². The number of aromatic nitrogens is 4. The lowest BCUT2D eigenvalue weighted by Crippen LogP contribution is -2.26. The minimum Gasteiger partial charge on any atom is -0.383 e. The van der Waals surface area contributed by atoms with Gasteiger partial charge >= 0.3 is 0 Å². The number of anilines is 1. The Hall–Kier alpha value is -2.51. The van der Waals surface area contributed by atoms with Crippen LogP contribution in [0.15, 0.2) is 43.0 Å². The highest BCUT2D eigenvalue weighted by Gasteiger charge is 2.24. The molecule has 4 rings (SSSR count). The van der Waals surface area contributed by atoms with E-state index in [0.717, 1.165) is 42.2 Å². The highest BCUT2D eigenvalue weighted by molar-refractivity contribution is 5.77. The average Bonchev–Trinajstić information content (AvgIpc) is 3.22. The molecule has 24 heavy (non-hydrogen) atoms. The van der Waals surface area contributed by atoms with Crippen LogP contribution >= 0.6 is 0 Å². The maximum Gasteiger partial charge on any atom is 0.145 e. The second kappa shape index (κ2) is 6.54. The Morgan fingerprint density at radius 2 is 2.29 bits per heavy atom. The Labute approximate surface area is 140 Å². The van der Waals surface area contributed by atoms with Gasteiger partial charge in [0.25, 0.3) is 0 Å². The van der Waals surface area contributed by atoms with Gasteiger partial charge in [-0.1, -0.05) is 6.07 Å². The molecule has 1 aliphatic heterocycles. The Balaban J connectivity index is 1.54. The zero-order valence-electron chi connectivity index (χ0n) is 13.5. The van der Waals surface area contributed by atoms with Crippen LogP contribution in [-0.4, -0.2) is 51.9 Å². The van der Waals surface area contributed by atoms with Crippen molar-refractivity contribution in [2.45, 2.75) is 18.5 Å². The molecule has 1 saturated heterocycles. The molecule has 2 atom stereocenters. The fraction of sp³-hybridized carbons (Fsp3) is 0.353. The van der Waals surface area contributed by atoms with Crippen LogP contribution in [0.1, 0.15) is 6.42 Å². The molecule has 0 spiro atoms. The SMILES string of the molecule is COC[C@@H]1C[C@@H](Nc2cncc(-c3cnn4ccccc34)n2)CN1. The number of pyridine rings is 1. The van der Waals surface area contributed by atoms with Gasteiger partial charge in [0, 0.05) is 37.5 Å². The monoisotopic (exact) mass is 324 g/mol. The number of nitrogens with zero attached hydrogens (tertiary/aromatic N) is 4. The molecule has 0 radical (unpaired) electrons. The molecule has 3 aromatic heterocycles. The van der Waals surface area contributed by atoms with E-state index in [1.54, 1.807) is 19.5 Å². The number of rotatable bonds is 5. The summed E-state index contributed by atoms with van der Waals surface area (Å²) in [5.41, 5.74) is 2.82. The summed E-state index contributed by atoms with van der Waals surface area (Å²) in [4.78, 5) is 9.05. The van der Waals surface area contributed by atoms with Gasteiger partial charge in [-0.15, -0.1) is 0 Å². The van der Waals surface area contributed by atoms with Crippen LogP contribution < -0.4 is 10.6 Å². The third-order valence-electron chi connectivity index (χ3n) is 4.28. The molecule has 7 heteroatoms. The summed E-state index contributed by atoms with van der Waals surface area (Å²) in [6, 6.07) is 6.70. The summed E-state index contributed by atoms with van der Waals surface area (Å²) in [6.45, 7) is 1.63. The molecule has 0 amide bonds. The number of hydrogen-bond donors (Lipinski definition) is 2. The van der Waals surface area contributed by atoms with Crippen molar-refractivity contribution in [3.05, 3.63) is 43.0 Å². The average molecular weight is 324 g/mol. The molecular formula is C17H20N6O. The van der Waals surface area contributed by atoms with Crippen LogP contribution in [0.2, 0.25) is 0 Å². The lowest BCUT2D eigenvalue weighted by Gasteiger charge is -2.13. The van der Waals surface area contributed by atoms with Crippen LogP contribution in [0.4, 0.5) is 5.82 Å². The predicted octanol–water partition coefficient (Wildman–Crippen LogP) is 1.58. The molecular weight excluding hydrogens is 304 g/mol. The zero-order valence-corrected chi connectivity index (χ0v) is 13.5. The number of nitrogens with one attached hydrogen (secondary N) is 2. The zero-order chi connectivity index (χ0) is 16.4. The van der Waals surface area contributed by atoms with Gasteiger partial charge in [-0.25, -0.2) is 9.50 Å². The van der Waals surface area contributed by atoms with Gasteiger partial charge in [0.15, 0.2) is 0 Å². The molecule has 0 aliphatic carbocycles. The number of hydrogen-bond acceptors (Lipinski definition) is 6. The molecule has 2 N–H and O–H groups in total. The van der Waals surface area contributed by atoms with E-state index in [1.807, 2.05) is 35.1 Å². The van der Waals surface area contributed by atoms with E-state index in [0.29, 0.717) is 12.1 Å². The Kier molecular flexibility index (Phi) is 4.10. The maximum absolute atomic E-state index is 5.21. The van der Waals surface area contributed by atoms with Crippen molar-refractivity contribution in [1.82, 2.24) is 24.9 Å². The quantitative estimate of drug-likeness (QED) is 0.742. The Morgan fingerprint density at radius 1 is 1.33 bits per heavy atom. The summed E-state index contributed by atoms with van der Waals surface area (Å²) in [5, 5.41) is 11.3. The van der Waals surface area contributed by atoms with E-state index in [4.69, 9.17) is 9.72 Å². The lowest BCUT2D eigenvalue weighted by molar-refractivity contribution is 0.173. The summed E-state index contributed by atoms with van der Waals surface area (Å²) in [7, 11) is 1.73. The summed E-state index contributed by atoms with van der Waals surface area (Å²) in [6.07, 6.45) is 8.30. The van der Waals surface area contributed by atoms with Crippen molar-refractivity contribution >= 4 is 11.3 Å². The van der Waals surface area contributed by atoms with E-state index in [9.17, 15) is 0 Å². The molecule has 7 nitrogen and oxygen atoms in total. The van der Waals surface area contributed by atoms with Crippen molar-refractivity contribution in [2.24, 2.45) is 0 Å². The minimum atomic E-state index is 0.332. The standard InChI is InChI=1S/C17H20N6O/c1-24-11-13-6-12(7-19-13)21-17-10-18-9-15(22-17)14-8-20-23-5-3-2-4-16(14)23/h2-5,8-10,12-13,19H,6-7,11H2,1H3,(H,21,22)/t12-,13+/m1/s1. The molecule has 124 valence electrons. The smallest absolute Gasteiger partial charge is 0.145 e. The van der Waals surface area contributed by atoms with Gasteiger partial charge in [-0.3, -0.25) is 4.98 Å². The Bertz CT molecular complexity index is 833.